The second kappa shape index (κ2) is 9.43. The standard InChI is InChI=1S/C23H27FN6O3/c1-28(11-9-24)23(32)17-13-25-29(2)21(17)22(31)26-15-8-10-30-14-18(27-20(30)12-15)16-6-4-5-7-19(16)33-3/h4-7,13-15H,8-12H2,1-3H3,(H,26,31)/t15-/m1/s1. The first-order valence-corrected chi connectivity index (χ1v) is 10.8. The van der Waals surface area contributed by atoms with Gasteiger partial charge in [-0.25, -0.2) is 9.37 Å². The molecule has 3 heterocycles. The van der Waals surface area contributed by atoms with Crippen LogP contribution in [0.5, 0.6) is 5.75 Å². The predicted molar refractivity (Wildman–Crippen MR) is 120 cm³/mol. The van der Waals surface area contributed by atoms with Gasteiger partial charge in [-0.1, -0.05) is 12.1 Å². The smallest absolute Gasteiger partial charge is 0.270 e. The van der Waals surface area contributed by atoms with Crippen molar-refractivity contribution in [3.05, 3.63) is 53.7 Å². The molecule has 1 aromatic carbocycles. The fraction of sp³-hybridized carbons (Fsp3) is 0.391. The zero-order valence-corrected chi connectivity index (χ0v) is 18.9. The lowest BCUT2D eigenvalue weighted by Crippen LogP contribution is -2.41. The number of carbonyl (C=O) groups excluding carboxylic acids is 2. The number of rotatable bonds is 7. The number of halogens is 1. The number of para-hydroxylation sites is 1. The van der Waals surface area contributed by atoms with Crippen molar-refractivity contribution in [2.24, 2.45) is 7.05 Å². The highest BCUT2D eigenvalue weighted by atomic mass is 19.1. The summed E-state index contributed by atoms with van der Waals surface area (Å²) in [5.41, 5.74) is 2.05. The Bertz CT molecular complexity index is 1170. The van der Waals surface area contributed by atoms with Crippen LogP contribution in [-0.2, 0) is 20.0 Å². The number of fused-ring (bicyclic) bond motifs is 1. The fourth-order valence-corrected chi connectivity index (χ4v) is 4.09. The molecule has 3 aromatic rings. The summed E-state index contributed by atoms with van der Waals surface area (Å²) >= 11 is 0. The predicted octanol–water partition coefficient (Wildman–Crippen LogP) is 2.08. The highest BCUT2D eigenvalue weighted by Gasteiger charge is 2.28. The lowest BCUT2D eigenvalue weighted by atomic mass is 10.1. The number of amides is 2. The minimum atomic E-state index is -0.657. The van der Waals surface area contributed by atoms with Gasteiger partial charge in [0.2, 0.25) is 0 Å². The van der Waals surface area contributed by atoms with Crippen molar-refractivity contribution < 1.29 is 18.7 Å². The van der Waals surface area contributed by atoms with Gasteiger partial charge in [-0.2, -0.15) is 5.10 Å². The zero-order chi connectivity index (χ0) is 23.5. The summed E-state index contributed by atoms with van der Waals surface area (Å²) in [7, 11) is 4.73. The van der Waals surface area contributed by atoms with Crippen LogP contribution in [0.4, 0.5) is 4.39 Å². The largest absolute Gasteiger partial charge is 0.496 e. The van der Waals surface area contributed by atoms with Gasteiger partial charge in [0.1, 0.15) is 23.9 Å². The third-order valence-electron chi connectivity index (χ3n) is 5.88. The number of alkyl halides is 1. The van der Waals surface area contributed by atoms with Gasteiger partial charge in [0, 0.05) is 51.4 Å². The summed E-state index contributed by atoms with van der Waals surface area (Å²) < 4.78 is 21.6. The van der Waals surface area contributed by atoms with Crippen LogP contribution in [0.25, 0.3) is 11.3 Å². The molecule has 174 valence electrons. The first-order valence-electron chi connectivity index (χ1n) is 10.8. The van der Waals surface area contributed by atoms with Crippen molar-refractivity contribution in [3.8, 4) is 17.0 Å². The van der Waals surface area contributed by atoms with E-state index in [9.17, 15) is 14.0 Å². The highest BCUT2D eigenvalue weighted by Crippen LogP contribution is 2.30. The van der Waals surface area contributed by atoms with E-state index >= 15 is 0 Å². The summed E-state index contributed by atoms with van der Waals surface area (Å²) in [5, 5.41) is 7.09. The number of hydrogen-bond donors (Lipinski definition) is 1. The Morgan fingerprint density at radius 3 is 2.88 bits per heavy atom. The molecule has 1 N–H and O–H groups in total. The molecule has 0 radical (unpaired) electrons. The summed E-state index contributed by atoms with van der Waals surface area (Å²) in [6, 6.07) is 7.58. The van der Waals surface area contributed by atoms with E-state index in [0.717, 1.165) is 29.3 Å². The molecule has 0 saturated heterocycles. The van der Waals surface area contributed by atoms with Gasteiger partial charge in [0.15, 0.2) is 0 Å². The molecule has 10 heteroatoms. The molecule has 1 aliphatic heterocycles. The Kier molecular flexibility index (Phi) is 6.43. The average Bonchev–Trinajstić information content (AvgIpc) is 3.41. The van der Waals surface area contributed by atoms with Gasteiger partial charge in [-0.3, -0.25) is 14.3 Å². The number of nitrogens with zero attached hydrogens (tertiary/aromatic N) is 5. The van der Waals surface area contributed by atoms with Gasteiger partial charge >= 0.3 is 0 Å². The molecule has 33 heavy (non-hydrogen) atoms. The number of ether oxygens (including phenoxy) is 1. The van der Waals surface area contributed by atoms with E-state index in [2.05, 4.69) is 15.0 Å². The summed E-state index contributed by atoms with van der Waals surface area (Å²) in [6.07, 6.45) is 4.63. The Labute approximate surface area is 191 Å². The van der Waals surface area contributed by atoms with E-state index in [1.54, 1.807) is 14.2 Å². The zero-order valence-electron chi connectivity index (χ0n) is 18.9. The molecular formula is C23H27FN6O3. The number of imidazole rings is 1. The van der Waals surface area contributed by atoms with E-state index in [1.165, 1.54) is 22.8 Å². The molecule has 9 nitrogen and oxygen atoms in total. The van der Waals surface area contributed by atoms with Crippen LogP contribution in [0.1, 0.15) is 33.1 Å². The SMILES string of the molecule is COc1ccccc1-c1cn2c(n1)C[C@H](NC(=O)c1c(C(=O)N(C)CCF)cnn1C)CC2. The average molecular weight is 455 g/mol. The Morgan fingerprint density at radius 2 is 2.12 bits per heavy atom. The molecule has 0 bridgehead atoms. The minimum Gasteiger partial charge on any atom is -0.496 e. The van der Waals surface area contributed by atoms with E-state index in [0.29, 0.717) is 13.0 Å². The fourth-order valence-electron chi connectivity index (χ4n) is 4.09. The molecule has 0 saturated carbocycles. The van der Waals surface area contributed by atoms with Gasteiger partial charge in [-0.05, 0) is 18.6 Å². The van der Waals surface area contributed by atoms with E-state index in [-0.39, 0.29) is 29.8 Å². The van der Waals surface area contributed by atoms with Gasteiger partial charge in [0.25, 0.3) is 11.8 Å². The normalized spacial score (nSPS) is 15.1. The number of nitrogens with one attached hydrogen (secondary N) is 1. The van der Waals surface area contributed by atoms with E-state index in [1.807, 2.05) is 30.5 Å². The lowest BCUT2D eigenvalue weighted by molar-refractivity contribution is 0.0776. The molecular weight excluding hydrogens is 427 g/mol. The van der Waals surface area contributed by atoms with Gasteiger partial charge in [0.05, 0.1) is 24.6 Å². The molecule has 2 amide bonds. The number of hydrogen-bond acceptors (Lipinski definition) is 5. The topological polar surface area (TPSA) is 94.3 Å². The van der Waals surface area contributed by atoms with Crippen LogP contribution < -0.4 is 10.1 Å². The minimum absolute atomic E-state index is 0.0470. The lowest BCUT2D eigenvalue weighted by Gasteiger charge is -2.24. The molecule has 2 aromatic heterocycles. The van der Waals surface area contributed by atoms with Crippen LogP contribution in [0.3, 0.4) is 0 Å². The molecule has 0 fully saturated rings. The molecule has 1 atom stereocenters. The first kappa shape index (κ1) is 22.5. The highest BCUT2D eigenvalue weighted by molar-refractivity contribution is 6.06. The van der Waals surface area contributed by atoms with E-state index < -0.39 is 12.6 Å². The van der Waals surface area contributed by atoms with Crippen molar-refractivity contribution in [2.45, 2.75) is 25.4 Å². The van der Waals surface area contributed by atoms with Crippen molar-refractivity contribution in [3.63, 3.8) is 0 Å². The van der Waals surface area contributed by atoms with Crippen LogP contribution in [-0.4, -0.2) is 69.5 Å². The van der Waals surface area contributed by atoms with E-state index in [4.69, 9.17) is 9.72 Å². The number of benzene rings is 1. The van der Waals surface area contributed by atoms with Crippen LogP contribution in [0.2, 0.25) is 0 Å². The maximum absolute atomic E-state index is 13.1. The Balaban J connectivity index is 1.50. The maximum atomic E-state index is 13.1. The van der Waals surface area contributed by atoms with Crippen molar-refractivity contribution in [2.75, 3.05) is 27.4 Å². The van der Waals surface area contributed by atoms with Crippen LogP contribution in [0.15, 0.2) is 36.7 Å². The number of methoxy groups -OCH3 is 1. The van der Waals surface area contributed by atoms with Crippen molar-refractivity contribution in [1.29, 1.82) is 0 Å². The molecule has 0 unspecified atom stereocenters. The summed E-state index contributed by atoms with van der Waals surface area (Å²) in [6.45, 7) is 0.00302. The number of aromatic nitrogens is 4. The van der Waals surface area contributed by atoms with Gasteiger partial charge < -0.3 is 19.5 Å². The Morgan fingerprint density at radius 1 is 1.33 bits per heavy atom. The Hall–Kier alpha value is -3.69. The number of carbonyl (C=O) groups is 2. The van der Waals surface area contributed by atoms with Crippen LogP contribution in [0, 0.1) is 0 Å². The van der Waals surface area contributed by atoms with Crippen LogP contribution >= 0.6 is 0 Å². The molecule has 1 aliphatic rings. The second-order valence-corrected chi connectivity index (χ2v) is 8.05. The summed E-state index contributed by atoms with van der Waals surface area (Å²) in [4.78, 5) is 31.7. The summed E-state index contributed by atoms with van der Waals surface area (Å²) in [5.74, 6) is 0.800. The van der Waals surface area contributed by atoms with Gasteiger partial charge in [-0.15, -0.1) is 0 Å². The second-order valence-electron chi connectivity index (χ2n) is 8.05. The maximum Gasteiger partial charge on any atom is 0.270 e. The third-order valence-corrected chi connectivity index (χ3v) is 5.88. The monoisotopic (exact) mass is 454 g/mol. The van der Waals surface area contributed by atoms with Crippen molar-refractivity contribution >= 4 is 11.8 Å². The number of aryl methyl sites for hydroxylation is 2. The molecule has 4 rings (SSSR count). The molecule has 0 spiro atoms. The van der Waals surface area contributed by atoms with Crippen molar-refractivity contribution in [1.82, 2.24) is 29.5 Å². The quantitative estimate of drug-likeness (QED) is 0.590. The third kappa shape index (κ3) is 4.46. The molecule has 0 aliphatic carbocycles. The first-order chi connectivity index (χ1) is 15.9.